The molecule has 0 radical (unpaired) electrons. The highest BCUT2D eigenvalue weighted by atomic mass is 35.5. The maximum Gasteiger partial charge on any atom is 0.259 e. The van der Waals surface area contributed by atoms with Crippen LogP contribution in [0.3, 0.4) is 0 Å². The molecule has 2 aromatic carbocycles. The Hall–Kier alpha value is -2.31. The van der Waals surface area contributed by atoms with Gasteiger partial charge in [-0.1, -0.05) is 23.2 Å². The Morgan fingerprint density at radius 1 is 1.18 bits per heavy atom. The van der Waals surface area contributed by atoms with Gasteiger partial charge >= 0.3 is 0 Å². The zero-order valence-corrected chi connectivity index (χ0v) is 12.8. The summed E-state index contributed by atoms with van der Waals surface area (Å²) < 4.78 is 9.82. The number of carbonyl (C=O) groups is 1. The summed E-state index contributed by atoms with van der Waals surface area (Å²) in [5, 5.41) is 11.0. The van der Waals surface area contributed by atoms with Gasteiger partial charge in [0.25, 0.3) is 5.91 Å². The number of ether oxygens (including phenoxy) is 1. The highest BCUT2D eigenvalue weighted by Crippen LogP contribution is 2.29. The molecule has 1 N–H and O–H groups in total. The molecular weight excluding hydrogens is 329 g/mol. The van der Waals surface area contributed by atoms with Crippen molar-refractivity contribution in [3.05, 3.63) is 45.9 Å². The van der Waals surface area contributed by atoms with E-state index in [2.05, 4.69) is 20.3 Å². The fraction of sp³-hybridized carbons (Fsp3) is 0.0714. The summed E-state index contributed by atoms with van der Waals surface area (Å²) in [5.41, 5.74) is 1.46. The largest absolute Gasteiger partial charge is 0.496 e. The first-order valence-corrected chi connectivity index (χ1v) is 6.91. The highest BCUT2D eigenvalue weighted by Gasteiger charge is 2.17. The van der Waals surface area contributed by atoms with Crippen LogP contribution in [0.5, 0.6) is 5.75 Å². The van der Waals surface area contributed by atoms with Crippen molar-refractivity contribution in [2.24, 2.45) is 0 Å². The number of nitrogens with one attached hydrogen (secondary N) is 1. The normalized spacial score (nSPS) is 10.7. The molecule has 1 heterocycles. The van der Waals surface area contributed by atoms with Gasteiger partial charge in [0.1, 0.15) is 5.75 Å². The SMILES string of the molecule is COc1ccc(Cl)cc1C(=O)Nc1ccc(Cl)c2nonc12. The lowest BCUT2D eigenvalue weighted by Crippen LogP contribution is -2.13. The number of benzene rings is 2. The average molecular weight is 338 g/mol. The van der Waals surface area contributed by atoms with Gasteiger partial charge in [0, 0.05) is 5.02 Å². The van der Waals surface area contributed by atoms with E-state index in [1.807, 2.05) is 0 Å². The van der Waals surface area contributed by atoms with Crippen molar-refractivity contribution < 1.29 is 14.2 Å². The van der Waals surface area contributed by atoms with E-state index in [4.69, 9.17) is 27.9 Å². The highest BCUT2D eigenvalue weighted by molar-refractivity contribution is 6.35. The van der Waals surface area contributed by atoms with Crippen LogP contribution < -0.4 is 10.1 Å². The number of anilines is 1. The zero-order valence-electron chi connectivity index (χ0n) is 11.3. The second-order valence-corrected chi connectivity index (χ2v) is 5.20. The van der Waals surface area contributed by atoms with Crippen LogP contribution in [-0.4, -0.2) is 23.3 Å². The van der Waals surface area contributed by atoms with Crippen LogP contribution in [0.2, 0.25) is 10.0 Å². The van der Waals surface area contributed by atoms with Gasteiger partial charge in [-0.3, -0.25) is 4.79 Å². The third kappa shape index (κ3) is 2.58. The summed E-state index contributed by atoms with van der Waals surface area (Å²) in [7, 11) is 1.47. The fourth-order valence-corrected chi connectivity index (χ4v) is 2.34. The van der Waals surface area contributed by atoms with E-state index in [1.54, 1.807) is 24.3 Å². The number of methoxy groups -OCH3 is 1. The Bertz CT molecular complexity index is 864. The third-order valence-electron chi connectivity index (χ3n) is 3.02. The molecule has 3 aromatic rings. The number of nitrogens with zero attached hydrogens (tertiary/aromatic N) is 2. The number of aromatic nitrogens is 2. The maximum absolute atomic E-state index is 12.4. The summed E-state index contributed by atoms with van der Waals surface area (Å²) >= 11 is 11.9. The van der Waals surface area contributed by atoms with Gasteiger partial charge in [0.15, 0.2) is 11.0 Å². The predicted octanol–water partition coefficient (Wildman–Crippen LogP) is 3.79. The van der Waals surface area contributed by atoms with E-state index in [-0.39, 0.29) is 0 Å². The summed E-state index contributed by atoms with van der Waals surface area (Å²) in [6.07, 6.45) is 0. The Morgan fingerprint density at radius 3 is 2.73 bits per heavy atom. The van der Waals surface area contributed by atoms with Gasteiger partial charge in [0.2, 0.25) is 0 Å². The van der Waals surface area contributed by atoms with E-state index < -0.39 is 5.91 Å². The van der Waals surface area contributed by atoms with Gasteiger partial charge in [-0.25, -0.2) is 4.63 Å². The molecule has 0 spiro atoms. The number of hydrogen-bond acceptors (Lipinski definition) is 5. The van der Waals surface area contributed by atoms with E-state index in [9.17, 15) is 4.79 Å². The van der Waals surface area contributed by atoms with Crippen molar-refractivity contribution in [1.82, 2.24) is 10.3 Å². The summed E-state index contributed by atoms with van der Waals surface area (Å²) in [5.74, 6) is 0.0105. The van der Waals surface area contributed by atoms with E-state index in [1.165, 1.54) is 13.2 Å². The molecule has 1 aromatic heterocycles. The van der Waals surface area contributed by atoms with Crippen LogP contribution in [0, 0.1) is 0 Å². The van der Waals surface area contributed by atoms with E-state index in [0.29, 0.717) is 38.1 Å². The van der Waals surface area contributed by atoms with Crippen LogP contribution >= 0.6 is 23.2 Å². The zero-order chi connectivity index (χ0) is 15.7. The number of carbonyl (C=O) groups excluding carboxylic acids is 1. The van der Waals surface area contributed by atoms with Crippen LogP contribution in [-0.2, 0) is 0 Å². The smallest absolute Gasteiger partial charge is 0.259 e. The standard InChI is InChI=1S/C14H9Cl2N3O3/c1-21-11-5-2-7(15)6-8(11)14(20)17-10-4-3-9(16)12-13(10)19-22-18-12/h2-6H,1H3,(H,17,20). The predicted molar refractivity (Wildman–Crippen MR) is 82.8 cm³/mol. The molecular formula is C14H9Cl2N3O3. The minimum absolute atomic E-state index is 0.301. The van der Waals surface area contributed by atoms with E-state index >= 15 is 0 Å². The monoisotopic (exact) mass is 337 g/mol. The Labute approximate surface area is 134 Å². The molecule has 8 heteroatoms. The number of rotatable bonds is 3. The summed E-state index contributed by atoms with van der Waals surface area (Å²) in [6.45, 7) is 0. The molecule has 0 saturated carbocycles. The minimum atomic E-state index is -0.397. The Kier molecular flexibility index (Phi) is 3.87. The van der Waals surface area contributed by atoms with Crippen LogP contribution in [0.15, 0.2) is 35.0 Å². The fourth-order valence-electron chi connectivity index (χ4n) is 1.98. The molecule has 0 bridgehead atoms. The molecule has 3 rings (SSSR count). The molecule has 0 aliphatic rings. The third-order valence-corrected chi connectivity index (χ3v) is 3.56. The molecule has 112 valence electrons. The summed E-state index contributed by atoms with van der Waals surface area (Å²) in [4.78, 5) is 12.4. The molecule has 0 aliphatic carbocycles. The lowest BCUT2D eigenvalue weighted by molar-refractivity contribution is 0.102. The first kappa shape index (κ1) is 14.6. The maximum atomic E-state index is 12.4. The molecule has 0 fully saturated rings. The van der Waals surface area contributed by atoms with Gasteiger partial charge < -0.3 is 10.1 Å². The number of halogens is 2. The molecule has 1 amide bonds. The van der Waals surface area contributed by atoms with Crippen molar-refractivity contribution in [3.8, 4) is 5.75 Å². The quantitative estimate of drug-likeness (QED) is 0.786. The van der Waals surface area contributed by atoms with Crippen molar-refractivity contribution in [2.75, 3.05) is 12.4 Å². The lowest BCUT2D eigenvalue weighted by Gasteiger charge is -2.10. The van der Waals surface area contributed by atoms with Gasteiger partial charge in [-0.2, -0.15) is 0 Å². The van der Waals surface area contributed by atoms with Gasteiger partial charge in [-0.05, 0) is 40.6 Å². The Morgan fingerprint density at radius 2 is 1.95 bits per heavy atom. The van der Waals surface area contributed by atoms with E-state index in [0.717, 1.165) is 0 Å². The van der Waals surface area contributed by atoms with Crippen molar-refractivity contribution in [3.63, 3.8) is 0 Å². The Balaban J connectivity index is 1.99. The van der Waals surface area contributed by atoms with Crippen LogP contribution in [0.1, 0.15) is 10.4 Å². The minimum Gasteiger partial charge on any atom is -0.496 e. The average Bonchev–Trinajstić information content (AvgIpc) is 3.00. The molecule has 0 unspecified atom stereocenters. The lowest BCUT2D eigenvalue weighted by atomic mass is 10.1. The topological polar surface area (TPSA) is 77.2 Å². The molecule has 0 saturated heterocycles. The molecule has 0 atom stereocenters. The first-order valence-electron chi connectivity index (χ1n) is 6.16. The summed E-state index contributed by atoms with van der Waals surface area (Å²) in [6, 6.07) is 7.98. The molecule has 0 aliphatic heterocycles. The number of amides is 1. The van der Waals surface area contributed by atoms with Crippen molar-refractivity contribution in [1.29, 1.82) is 0 Å². The van der Waals surface area contributed by atoms with Crippen LogP contribution in [0.4, 0.5) is 5.69 Å². The molecule has 6 nitrogen and oxygen atoms in total. The number of fused-ring (bicyclic) bond motifs is 1. The van der Waals surface area contributed by atoms with Gasteiger partial charge in [0.05, 0.1) is 23.4 Å². The van der Waals surface area contributed by atoms with Crippen molar-refractivity contribution in [2.45, 2.75) is 0 Å². The second kappa shape index (κ2) is 5.82. The first-order chi connectivity index (χ1) is 10.6. The van der Waals surface area contributed by atoms with Gasteiger partial charge in [-0.15, -0.1) is 0 Å². The number of hydrogen-bond donors (Lipinski definition) is 1. The second-order valence-electron chi connectivity index (χ2n) is 4.36. The van der Waals surface area contributed by atoms with Crippen molar-refractivity contribution >= 4 is 45.8 Å². The molecule has 22 heavy (non-hydrogen) atoms. The van der Waals surface area contributed by atoms with Crippen LogP contribution in [0.25, 0.3) is 11.0 Å².